The molecule has 2 aliphatic rings. The number of amides is 3. The molecule has 156 valence electrons. The van der Waals surface area contributed by atoms with Gasteiger partial charge in [0.2, 0.25) is 5.91 Å². The molecule has 1 saturated heterocycles. The number of carbonyl (C=O) groups excluding carboxylic acids is 3. The van der Waals surface area contributed by atoms with E-state index < -0.39 is 0 Å². The highest BCUT2D eigenvalue weighted by Crippen LogP contribution is 2.24. The van der Waals surface area contributed by atoms with Gasteiger partial charge in [-0.05, 0) is 62.1 Å². The summed E-state index contributed by atoms with van der Waals surface area (Å²) in [5, 5.41) is 6.47. The molecule has 6 nitrogen and oxygen atoms in total. The van der Waals surface area contributed by atoms with Crippen molar-refractivity contribution in [1.82, 2.24) is 10.2 Å². The average Bonchev–Trinajstić information content (AvgIpc) is 3.58. The smallest absolute Gasteiger partial charge is 0.253 e. The van der Waals surface area contributed by atoms with Gasteiger partial charge >= 0.3 is 0 Å². The first kappa shape index (κ1) is 20.4. The number of nitrogens with one attached hydrogen (secondary N) is 2. The van der Waals surface area contributed by atoms with Crippen LogP contribution in [0.1, 0.15) is 46.4 Å². The molecule has 0 radical (unpaired) electrons. The first-order valence-electron chi connectivity index (χ1n) is 10.3. The minimum absolute atomic E-state index is 0.0485. The fourth-order valence-electron chi connectivity index (χ4n) is 3.64. The van der Waals surface area contributed by atoms with E-state index in [0.29, 0.717) is 47.8 Å². The zero-order valence-electron chi connectivity index (χ0n) is 16.6. The van der Waals surface area contributed by atoms with Gasteiger partial charge < -0.3 is 15.5 Å². The number of piperidine rings is 1. The summed E-state index contributed by atoms with van der Waals surface area (Å²) in [6.07, 6.45) is 3.18. The van der Waals surface area contributed by atoms with E-state index >= 15 is 0 Å². The second-order valence-electron chi connectivity index (χ2n) is 7.86. The largest absolute Gasteiger partial charge is 0.349 e. The van der Waals surface area contributed by atoms with Gasteiger partial charge in [-0.3, -0.25) is 14.4 Å². The topological polar surface area (TPSA) is 78.5 Å². The molecule has 2 fully saturated rings. The fraction of sp³-hybridized carbons (Fsp3) is 0.348. The van der Waals surface area contributed by atoms with Crippen molar-refractivity contribution in [2.24, 2.45) is 5.92 Å². The molecule has 0 atom stereocenters. The van der Waals surface area contributed by atoms with Crippen LogP contribution in [0.3, 0.4) is 0 Å². The lowest BCUT2D eigenvalue weighted by molar-refractivity contribution is -0.121. The third kappa shape index (κ3) is 4.82. The van der Waals surface area contributed by atoms with Crippen LogP contribution in [0.4, 0.5) is 5.69 Å². The monoisotopic (exact) mass is 425 g/mol. The molecule has 1 aliphatic heterocycles. The highest BCUT2D eigenvalue weighted by Gasteiger charge is 2.29. The summed E-state index contributed by atoms with van der Waals surface area (Å²) >= 11 is 5.89. The van der Waals surface area contributed by atoms with Crippen LogP contribution in [0.5, 0.6) is 0 Å². The molecule has 0 bridgehead atoms. The van der Waals surface area contributed by atoms with Crippen LogP contribution >= 0.6 is 11.6 Å². The fourth-order valence-corrected chi connectivity index (χ4v) is 3.76. The van der Waals surface area contributed by atoms with Crippen molar-refractivity contribution in [2.75, 3.05) is 18.4 Å². The van der Waals surface area contributed by atoms with Gasteiger partial charge in [-0.1, -0.05) is 23.7 Å². The Kier molecular flexibility index (Phi) is 6.04. The zero-order valence-corrected chi connectivity index (χ0v) is 17.3. The van der Waals surface area contributed by atoms with Crippen molar-refractivity contribution in [1.29, 1.82) is 0 Å². The minimum atomic E-state index is -0.196. The summed E-state index contributed by atoms with van der Waals surface area (Å²) in [4.78, 5) is 39.6. The molecule has 2 aromatic rings. The van der Waals surface area contributed by atoms with Crippen LogP contribution < -0.4 is 10.6 Å². The molecule has 1 aliphatic carbocycles. The van der Waals surface area contributed by atoms with E-state index in [-0.39, 0.29) is 29.7 Å². The van der Waals surface area contributed by atoms with E-state index in [0.717, 1.165) is 12.8 Å². The van der Waals surface area contributed by atoms with E-state index in [1.54, 1.807) is 53.4 Å². The van der Waals surface area contributed by atoms with Crippen molar-refractivity contribution in [3.63, 3.8) is 0 Å². The predicted molar refractivity (Wildman–Crippen MR) is 116 cm³/mol. The number of carbonyl (C=O) groups is 3. The maximum atomic E-state index is 12.8. The highest BCUT2D eigenvalue weighted by molar-refractivity contribution is 6.30. The van der Waals surface area contributed by atoms with Gasteiger partial charge in [-0.25, -0.2) is 0 Å². The number of rotatable bonds is 5. The second kappa shape index (κ2) is 8.88. The average molecular weight is 426 g/mol. The van der Waals surface area contributed by atoms with Gasteiger partial charge in [0.1, 0.15) is 0 Å². The number of benzene rings is 2. The van der Waals surface area contributed by atoms with Gasteiger partial charge in [-0.2, -0.15) is 0 Å². The number of hydrogen-bond donors (Lipinski definition) is 2. The van der Waals surface area contributed by atoms with E-state index in [9.17, 15) is 14.4 Å². The molecular weight excluding hydrogens is 402 g/mol. The number of hydrogen-bond acceptors (Lipinski definition) is 3. The summed E-state index contributed by atoms with van der Waals surface area (Å²) in [5.41, 5.74) is 1.60. The Morgan fingerprint density at radius 1 is 0.900 bits per heavy atom. The molecule has 2 aromatic carbocycles. The van der Waals surface area contributed by atoms with Crippen LogP contribution in [-0.2, 0) is 4.79 Å². The summed E-state index contributed by atoms with van der Waals surface area (Å²) in [5.74, 6) is -0.511. The van der Waals surface area contributed by atoms with E-state index in [2.05, 4.69) is 10.6 Å². The lowest BCUT2D eigenvalue weighted by Crippen LogP contribution is -2.41. The maximum absolute atomic E-state index is 12.8. The lowest BCUT2D eigenvalue weighted by Gasteiger charge is -2.31. The third-order valence-electron chi connectivity index (χ3n) is 5.59. The molecule has 0 aromatic heterocycles. The molecular formula is C23H24ClN3O3. The van der Waals surface area contributed by atoms with Crippen molar-refractivity contribution < 1.29 is 14.4 Å². The normalized spacial score (nSPS) is 16.8. The SMILES string of the molecule is O=C(NC1CC1)c1ccccc1NC(=O)C1CCN(C(=O)c2ccc(Cl)cc2)CC1. The Morgan fingerprint density at radius 3 is 2.23 bits per heavy atom. The lowest BCUT2D eigenvalue weighted by atomic mass is 9.95. The Labute approximate surface area is 180 Å². The van der Waals surface area contributed by atoms with Crippen LogP contribution in [0.25, 0.3) is 0 Å². The quantitative estimate of drug-likeness (QED) is 0.766. The molecule has 7 heteroatoms. The Hall–Kier alpha value is -2.86. The van der Waals surface area contributed by atoms with Gasteiger partial charge in [0.15, 0.2) is 0 Å². The Morgan fingerprint density at radius 2 is 1.57 bits per heavy atom. The van der Waals surface area contributed by atoms with Crippen molar-refractivity contribution >= 4 is 35.0 Å². The number of halogens is 1. The van der Waals surface area contributed by atoms with Crippen LogP contribution in [-0.4, -0.2) is 41.8 Å². The molecule has 4 rings (SSSR count). The first-order chi connectivity index (χ1) is 14.5. The molecule has 1 saturated carbocycles. The van der Waals surface area contributed by atoms with E-state index in [4.69, 9.17) is 11.6 Å². The summed E-state index contributed by atoms with van der Waals surface area (Å²) in [7, 11) is 0. The highest BCUT2D eigenvalue weighted by atomic mass is 35.5. The molecule has 0 unspecified atom stereocenters. The summed E-state index contributed by atoms with van der Waals surface area (Å²) in [6, 6.07) is 14.1. The Balaban J connectivity index is 1.34. The molecule has 30 heavy (non-hydrogen) atoms. The van der Waals surface area contributed by atoms with Crippen molar-refractivity contribution in [2.45, 2.75) is 31.7 Å². The zero-order chi connectivity index (χ0) is 21.1. The molecule has 3 amide bonds. The number of anilines is 1. The summed E-state index contributed by atoms with van der Waals surface area (Å²) < 4.78 is 0. The Bertz CT molecular complexity index is 948. The van der Waals surface area contributed by atoms with E-state index in [1.165, 1.54) is 0 Å². The number of nitrogens with zero attached hydrogens (tertiary/aromatic N) is 1. The molecule has 0 spiro atoms. The minimum Gasteiger partial charge on any atom is -0.349 e. The van der Waals surface area contributed by atoms with Crippen LogP contribution in [0.15, 0.2) is 48.5 Å². The van der Waals surface area contributed by atoms with Crippen LogP contribution in [0.2, 0.25) is 5.02 Å². The van der Waals surface area contributed by atoms with Gasteiger partial charge in [0.25, 0.3) is 11.8 Å². The maximum Gasteiger partial charge on any atom is 0.253 e. The van der Waals surface area contributed by atoms with Gasteiger partial charge in [0, 0.05) is 35.6 Å². The van der Waals surface area contributed by atoms with Gasteiger partial charge in [-0.15, -0.1) is 0 Å². The van der Waals surface area contributed by atoms with Crippen LogP contribution in [0, 0.1) is 5.92 Å². The first-order valence-corrected chi connectivity index (χ1v) is 10.6. The van der Waals surface area contributed by atoms with Crippen molar-refractivity contribution in [3.8, 4) is 0 Å². The molecule has 2 N–H and O–H groups in total. The standard InChI is InChI=1S/C23H24ClN3O3/c24-17-7-5-16(6-8-17)23(30)27-13-11-15(12-14-27)21(28)26-20-4-2-1-3-19(20)22(29)25-18-9-10-18/h1-8,15,18H,9-14H2,(H,25,29)(H,26,28). The third-order valence-corrected chi connectivity index (χ3v) is 5.84. The van der Waals surface area contributed by atoms with Gasteiger partial charge in [0.05, 0.1) is 11.3 Å². The second-order valence-corrected chi connectivity index (χ2v) is 8.29. The number of para-hydroxylation sites is 1. The van der Waals surface area contributed by atoms with E-state index in [1.807, 2.05) is 0 Å². The number of likely N-dealkylation sites (tertiary alicyclic amines) is 1. The van der Waals surface area contributed by atoms with Crippen molar-refractivity contribution in [3.05, 3.63) is 64.7 Å². The predicted octanol–water partition coefficient (Wildman–Crippen LogP) is 3.72. The summed E-state index contributed by atoms with van der Waals surface area (Å²) in [6.45, 7) is 1.03. The molecule has 1 heterocycles.